The van der Waals surface area contributed by atoms with Crippen molar-refractivity contribution >= 4 is 17.9 Å². The third kappa shape index (κ3) is 67.6. The Hall–Kier alpha value is -3.79. The quantitative estimate of drug-likeness (QED) is 0.0195. The molecule has 9 nitrogen and oxygen atoms in total. The summed E-state index contributed by atoms with van der Waals surface area (Å²) in [5.41, 5.74) is 0. The van der Waals surface area contributed by atoms with E-state index in [-0.39, 0.29) is 38.6 Å². The Morgan fingerprint density at radius 1 is 0.365 bits per heavy atom. The summed E-state index contributed by atoms with van der Waals surface area (Å²) in [7, 11) is 5.93. The van der Waals surface area contributed by atoms with Gasteiger partial charge in [-0.3, -0.25) is 9.59 Å². The van der Waals surface area contributed by atoms with Crippen LogP contribution in [0.25, 0.3) is 0 Å². The highest BCUT2D eigenvalue weighted by atomic mass is 16.7. The van der Waals surface area contributed by atoms with Gasteiger partial charge in [0.15, 0.2) is 12.4 Å². The Labute approximate surface area is 524 Å². The number of allylic oxidation sites excluding steroid dienone is 16. The van der Waals surface area contributed by atoms with E-state index in [4.69, 9.17) is 18.9 Å². The van der Waals surface area contributed by atoms with Gasteiger partial charge in [0.2, 0.25) is 0 Å². The zero-order chi connectivity index (χ0) is 61.9. The van der Waals surface area contributed by atoms with Crippen LogP contribution in [0.2, 0.25) is 0 Å². The molecule has 0 spiro atoms. The lowest BCUT2D eigenvalue weighted by Crippen LogP contribution is -2.44. The van der Waals surface area contributed by atoms with Crippen LogP contribution in [0.4, 0.5) is 0 Å². The summed E-state index contributed by atoms with van der Waals surface area (Å²) >= 11 is 0. The van der Waals surface area contributed by atoms with Gasteiger partial charge in [0, 0.05) is 12.8 Å². The van der Waals surface area contributed by atoms with Crippen LogP contribution in [-0.4, -0.2) is 82.3 Å². The molecule has 85 heavy (non-hydrogen) atoms. The fourth-order valence-corrected chi connectivity index (χ4v) is 9.93. The topological polar surface area (TPSA) is 111 Å². The maximum atomic E-state index is 12.9. The molecule has 0 bridgehead atoms. The summed E-state index contributed by atoms with van der Waals surface area (Å²) in [5, 5.41) is 11.8. The van der Waals surface area contributed by atoms with E-state index in [1.165, 1.54) is 186 Å². The zero-order valence-electron chi connectivity index (χ0n) is 56.0. The molecule has 0 aliphatic carbocycles. The average Bonchev–Trinajstić information content (AvgIpc) is 3.48. The number of nitrogens with zero attached hydrogens (tertiary/aromatic N) is 1. The van der Waals surface area contributed by atoms with E-state index in [0.717, 1.165) is 89.9 Å². The summed E-state index contributed by atoms with van der Waals surface area (Å²) in [6, 6.07) is 0. The van der Waals surface area contributed by atoms with Crippen LogP contribution < -0.4 is 5.11 Å². The van der Waals surface area contributed by atoms with Crippen molar-refractivity contribution in [3.8, 4) is 0 Å². The van der Waals surface area contributed by atoms with Crippen molar-refractivity contribution in [1.29, 1.82) is 0 Å². The van der Waals surface area contributed by atoms with E-state index in [2.05, 4.69) is 111 Å². The first-order valence-corrected chi connectivity index (χ1v) is 35.4. The molecule has 0 aromatic heterocycles. The van der Waals surface area contributed by atoms with Gasteiger partial charge in [-0.25, -0.2) is 0 Å². The van der Waals surface area contributed by atoms with Crippen molar-refractivity contribution in [3.63, 3.8) is 0 Å². The molecule has 0 fully saturated rings. The maximum Gasteiger partial charge on any atom is 0.306 e. The Kier molecular flexibility index (Phi) is 63.2. The Morgan fingerprint density at radius 3 is 1.01 bits per heavy atom. The first-order valence-electron chi connectivity index (χ1n) is 35.4. The minimum atomic E-state index is -1.63. The lowest BCUT2D eigenvalue weighted by atomic mass is 10.0. The highest BCUT2D eigenvalue weighted by Gasteiger charge is 2.22. The molecular formula is C76H133NO8. The first kappa shape index (κ1) is 81.2. The smallest absolute Gasteiger partial charge is 0.306 e. The number of hydrogen-bond acceptors (Lipinski definition) is 8. The molecule has 0 heterocycles. The summed E-state index contributed by atoms with van der Waals surface area (Å²) in [6.07, 6.45) is 87.8. The van der Waals surface area contributed by atoms with E-state index < -0.39 is 24.3 Å². The number of carboxylic acids is 1. The average molecular weight is 1190 g/mol. The number of rotatable bonds is 65. The molecule has 2 atom stereocenters. The number of aliphatic carboxylic acids is 1. The van der Waals surface area contributed by atoms with Gasteiger partial charge >= 0.3 is 11.9 Å². The minimum Gasteiger partial charge on any atom is -0.545 e. The van der Waals surface area contributed by atoms with E-state index in [1.54, 1.807) is 0 Å². The SMILES string of the molecule is CC/C=C\C/C=C\C/C=C\C/C=C\C/C=C\C/C=C\C/C=C\CCCCCCCCCC(=O)OC(COC(=O)CCCCCCCCCCCCCCCCCCCCC/C=C\CCCCCCCCCC)COC(OCC[N+](C)(C)C)C(=O)[O-]. The minimum absolute atomic E-state index is 0.142. The molecule has 9 heteroatoms. The number of carboxylic acid groups (broad SMARTS) is 1. The Morgan fingerprint density at radius 2 is 0.671 bits per heavy atom. The van der Waals surface area contributed by atoms with Crippen molar-refractivity contribution in [2.24, 2.45) is 0 Å². The van der Waals surface area contributed by atoms with Crippen molar-refractivity contribution in [2.45, 2.75) is 322 Å². The first-order chi connectivity index (χ1) is 41.6. The molecule has 0 saturated heterocycles. The number of ether oxygens (including phenoxy) is 4. The third-order valence-electron chi connectivity index (χ3n) is 15.3. The van der Waals surface area contributed by atoms with E-state index in [0.29, 0.717) is 17.4 Å². The Bertz CT molecular complexity index is 1720. The summed E-state index contributed by atoms with van der Waals surface area (Å²) < 4.78 is 22.8. The van der Waals surface area contributed by atoms with Gasteiger partial charge in [-0.15, -0.1) is 0 Å². The van der Waals surface area contributed by atoms with Crippen molar-refractivity contribution in [3.05, 3.63) is 97.2 Å². The molecule has 0 radical (unpaired) electrons. The molecule has 0 aromatic carbocycles. The second-order valence-electron chi connectivity index (χ2n) is 24.8. The van der Waals surface area contributed by atoms with Gasteiger partial charge in [-0.1, -0.05) is 297 Å². The van der Waals surface area contributed by atoms with Crippen LogP contribution in [0.5, 0.6) is 0 Å². The number of carbonyl (C=O) groups is 3. The molecule has 0 N–H and O–H groups in total. The number of quaternary nitrogens is 1. The largest absolute Gasteiger partial charge is 0.545 e. The van der Waals surface area contributed by atoms with Gasteiger partial charge in [0.25, 0.3) is 0 Å². The van der Waals surface area contributed by atoms with Crippen LogP contribution >= 0.6 is 0 Å². The molecule has 0 rings (SSSR count). The van der Waals surface area contributed by atoms with E-state index in [9.17, 15) is 19.5 Å². The maximum absolute atomic E-state index is 12.9. The van der Waals surface area contributed by atoms with Crippen molar-refractivity contribution in [1.82, 2.24) is 0 Å². The van der Waals surface area contributed by atoms with Crippen molar-refractivity contribution in [2.75, 3.05) is 47.5 Å². The van der Waals surface area contributed by atoms with Crippen LogP contribution in [0.15, 0.2) is 97.2 Å². The third-order valence-corrected chi connectivity index (χ3v) is 15.3. The molecule has 0 aromatic rings. The Balaban J connectivity index is 4.14. The fourth-order valence-electron chi connectivity index (χ4n) is 9.93. The summed E-state index contributed by atoms with van der Waals surface area (Å²) in [6.45, 7) is 4.65. The van der Waals surface area contributed by atoms with Crippen LogP contribution in [-0.2, 0) is 33.3 Å². The highest BCUT2D eigenvalue weighted by molar-refractivity contribution is 5.70. The highest BCUT2D eigenvalue weighted by Crippen LogP contribution is 2.17. The lowest BCUT2D eigenvalue weighted by Gasteiger charge is -2.26. The normalized spacial score (nSPS) is 13.3. The lowest BCUT2D eigenvalue weighted by molar-refractivity contribution is -0.870. The monoisotopic (exact) mass is 1190 g/mol. The molecule has 0 aliphatic heterocycles. The molecule has 0 amide bonds. The standard InChI is InChI=1S/C76H133NO8/c1-6-8-10-12-14-16-18-20-22-24-26-28-30-32-34-36-37-39-40-42-44-46-48-50-52-54-56-58-60-62-64-66-73(78)83-70-72(71-84-76(75(80)81)82-69-68-77(3,4)5)85-74(79)67-65-63-61-59-57-55-53-51-49-47-45-43-41-38-35-33-31-29-27-25-23-21-19-17-15-13-11-9-7-2/h9,11,15,17,21,23-24,26-27,29,33,35,41,43,47,49,72,76H,6-8,10,12-14,16,18-20,22,25,28,30-32,34,36-40,42,44-46,48,50-71H2,1-5H3/b11-9-,17-15-,23-21-,26-24-,29-27-,35-33-,43-41-,49-47-. The molecule has 0 saturated carbocycles. The van der Waals surface area contributed by atoms with Gasteiger partial charge in [0.05, 0.1) is 40.3 Å². The summed E-state index contributed by atoms with van der Waals surface area (Å²) in [4.78, 5) is 37.5. The van der Waals surface area contributed by atoms with Gasteiger partial charge in [-0.05, 0) is 96.3 Å². The van der Waals surface area contributed by atoms with Gasteiger partial charge < -0.3 is 33.3 Å². The van der Waals surface area contributed by atoms with Crippen LogP contribution in [0.3, 0.4) is 0 Å². The van der Waals surface area contributed by atoms with E-state index >= 15 is 0 Å². The predicted octanol–water partition coefficient (Wildman–Crippen LogP) is 20.7. The molecule has 490 valence electrons. The second-order valence-corrected chi connectivity index (χ2v) is 24.8. The molecular weight excluding hydrogens is 1050 g/mol. The number of esters is 2. The number of likely N-dealkylation sites (N-methyl/N-ethyl adjacent to an activating group) is 1. The van der Waals surface area contributed by atoms with Gasteiger partial charge in [0.1, 0.15) is 13.2 Å². The number of carbonyl (C=O) groups excluding carboxylic acids is 3. The summed E-state index contributed by atoms with van der Waals surface area (Å²) in [5.74, 6) is -2.29. The van der Waals surface area contributed by atoms with E-state index in [1.807, 2.05) is 21.1 Å². The van der Waals surface area contributed by atoms with Crippen molar-refractivity contribution < 1.29 is 42.9 Å². The zero-order valence-corrected chi connectivity index (χ0v) is 56.0. The fraction of sp³-hybridized carbons (Fsp3) is 0.750. The predicted molar refractivity (Wildman–Crippen MR) is 361 cm³/mol. The molecule has 2 unspecified atom stereocenters. The van der Waals surface area contributed by atoms with Crippen LogP contribution in [0, 0.1) is 0 Å². The van der Waals surface area contributed by atoms with Crippen LogP contribution in [0.1, 0.15) is 309 Å². The van der Waals surface area contributed by atoms with Gasteiger partial charge in [-0.2, -0.15) is 0 Å². The number of hydrogen-bond donors (Lipinski definition) is 0. The number of unbranched alkanes of at least 4 members (excludes halogenated alkanes) is 34. The molecule has 0 aliphatic rings. The second kappa shape index (κ2) is 66.2.